The molecule has 8 rings (SSSR count). The molecule has 1 atom stereocenters. The molecule has 58 heavy (non-hydrogen) atoms. The molecule has 3 aliphatic rings. The Hall–Kier alpha value is -6.67. The number of ether oxygens (including phenoxy) is 1. The van der Waals surface area contributed by atoms with Gasteiger partial charge < -0.3 is 15.0 Å². The van der Waals surface area contributed by atoms with E-state index >= 15 is 0 Å². The number of anilines is 4. The summed E-state index contributed by atoms with van der Waals surface area (Å²) in [6.45, 7) is 6.75. The van der Waals surface area contributed by atoms with Crippen molar-refractivity contribution in [3.63, 3.8) is 0 Å². The van der Waals surface area contributed by atoms with Crippen molar-refractivity contribution in [2.75, 3.05) is 34.8 Å². The number of aromatic nitrogens is 1. The standard InChI is InChI=1S/C44H40N6O7S/c1-25-9-4-5-12-32(25)41(54)48-21-19-28-23-29(15-16-35(28)48)39-26(2)58-44(47-39)49(27(3)51)30-10-6-11-31(24-30)57-22-8-20-45-34-14-7-13-33-38(34)43(56)50(42(33)55)36-17-18-37(52)46-40(36)53/h4-7,9-16,23-24,36,45H,8,17-22H2,1-3H3,(H,46,52,53). The molecule has 1 aromatic heterocycles. The number of imide groups is 2. The monoisotopic (exact) mass is 796 g/mol. The van der Waals surface area contributed by atoms with Crippen molar-refractivity contribution in [2.45, 2.75) is 52.5 Å². The summed E-state index contributed by atoms with van der Waals surface area (Å²) < 4.78 is 6.07. The third-order valence-corrected chi connectivity index (χ3v) is 11.6. The van der Waals surface area contributed by atoms with Crippen molar-refractivity contribution in [2.24, 2.45) is 0 Å². The van der Waals surface area contributed by atoms with Crippen LogP contribution in [0.25, 0.3) is 11.3 Å². The second kappa shape index (κ2) is 15.7. The van der Waals surface area contributed by atoms with E-state index in [0.717, 1.165) is 44.3 Å². The Bertz CT molecular complexity index is 2530. The summed E-state index contributed by atoms with van der Waals surface area (Å²) in [6.07, 6.45) is 1.41. The van der Waals surface area contributed by atoms with Gasteiger partial charge >= 0.3 is 0 Å². The number of carbonyl (C=O) groups is 6. The fourth-order valence-electron chi connectivity index (χ4n) is 7.75. The summed E-state index contributed by atoms with van der Waals surface area (Å²) in [5, 5.41) is 5.97. The molecule has 0 bridgehead atoms. The van der Waals surface area contributed by atoms with Crippen molar-refractivity contribution in [3.8, 4) is 17.0 Å². The Morgan fingerprint density at radius 3 is 2.55 bits per heavy atom. The lowest BCUT2D eigenvalue weighted by atomic mass is 10.0. The molecule has 14 heteroatoms. The lowest BCUT2D eigenvalue weighted by molar-refractivity contribution is -0.136. The molecule has 2 N–H and O–H groups in total. The number of hydrogen-bond donors (Lipinski definition) is 2. The fourth-order valence-corrected chi connectivity index (χ4v) is 8.75. The Kier molecular flexibility index (Phi) is 10.3. The van der Waals surface area contributed by atoms with Crippen LogP contribution < -0.4 is 25.2 Å². The van der Waals surface area contributed by atoms with E-state index in [1.54, 1.807) is 29.2 Å². The maximum Gasteiger partial charge on any atom is 0.264 e. The molecule has 0 saturated carbocycles. The lowest BCUT2D eigenvalue weighted by Crippen LogP contribution is -2.54. The highest BCUT2D eigenvalue weighted by Crippen LogP contribution is 2.40. The van der Waals surface area contributed by atoms with Crippen LogP contribution in [0.4, 0.5) is 22.2 Å². The zero-order chi connectivity index (χ0) is 40.7. The van der Waals surface area contributed by atoms with E-state index in [1.807, 2.05) is 73.3 Å². The first kappa shape index (κ1) is 38.2. The predicted molar refractivity (Wildman–Crippen MR) is 220 cm³/mol. The first-order valence-electron chi connectivity index (χ1n) is 19.1. The zero-order valence-corrected chi connectivity index (χ0v) is 33.0. The van der Waals surface area contributed by atoms with Crippen molar-refractivity contribution in [3.05, 3.63) is 118 Å². The minimum Gasteiger partial charge on any atom is -0.493 e. The number of nitrogens with one attached hydrogen (secondary N) is 2. The van der Waals surface area contributed by atoms with Gasteiger partial charge in [0.05, 0.1) is 29.1 Å². The van der Waals surface area contributed by atoms with E-state index in [2.05, 4.69) is 16.7 Å². The van der Waals surface area contributed by atoms with E-state index in [4.69, 9.17) is 9.72 Å². The van der Waals surface area contributed by atoms with E-state index < -0.39 is 29.7 Å². The van der Waals surface area contributed by atoms with Crippen LogP contribution in [-0.2, 0) is 20.8 Å². The number of rotatable bonds is 11. The Balaban J connectivity index is 0.909. The van der Waals surface area contributed by atoms with Crippen molar-refractivity contribution < 1.29 is 33.5 Å². The highest BCUT2D eigenvalue weighted by atomic mass is 32.1. The average molecular weight is 797 g/mol. The first-order chi connectivity index (χ1) is 28.0. The van der Waals surface area contributed by atoms with Gasteiger partial charge in [0.25, 0.3) is 17.7 Å². The van der Waals surface area contributed by atoms with Crippen LogP contribution in [-0.4, -0.2) is 71.1 Å². The summed E-state index contributed by atoms with van der Waals surface area (Å²) in [7, 11) is 0. The molecule has 5 aromatic rings. The second-order valence-electron chi connectivity index (χ2n) is 14.4. The van der Waals surface area contributed by atoms with E-state index in [0.29, 0.717) is 53.9 Å². The number of fused-ring (bicyclic) bond motifs is 2. The van der Waals surface area contributed by atoms with Gasteiger partial charge in [-0.2, -0.15) is 0 Å². The number of carbonyl (C=O) groups excluding carboxylic acids is 6. The number of aryl methyl sites for hydroxylation is 2. The third-order valence-electron chi connectivity index (χ3n) is 10.6. The molecule has 1 fully saturated rings. The van der Waals surface area contributed by atoms with Gasteiger partial charge in [-0.05, 0) is 86.7 Å². The molecule has 1 saturated heterocycles. The number of amides is 6. The molecule has 294 valence electrons. The number of benzene rings is 4. The fraction of sp³-hybridized carbons (Fsp3) is 0.250. The molecule has 1 unspecified atom stereocenters. The summed E-state index contributed by atoms with van der Waals surface area (Å²) >= 11 is 1.42. The predicted octanol–water partition coefficient (Wildman–Crippen LogP) is 6.60. The number of hydrogen-bond acceptors (Lipinski definition) is 10. The number of piperidine rings is 1. The second-order valence-corrected chi connectivity index (χ2v) is 15.6. The van der Waals surface area contributed by atoms with Gasteiger partial charge in [0.15, 0.2) is 5.13 Å². The van der Waals surface area contributed by atoms with Gasteiger partial charge in [-0.15, -0.1) is 11.3 Å². The molecular formula is C44H40N6O7S. The van der Waals surface area contributed by atoms with Gasteiger partial charge in [0, 0.05) is 59.9 Å². The normalized spacial score (nSPS) is 15.9. The summed E-state index contributed by atoms with van der Waals surface area (Å²) in [6, 6.07) is 24.8. The molecule has 0 radical (unpaired) electrons. The van der Waals surface area contributed by atoms with Crippen molar-refractivity contribution >= 4 is 69.0 Å². The van der Waals surface area contributed by atoms with Gasteiger partial charge in [0.2, 0.25) is 17.7 Å². The molecule has 4 aromatic carbocycles. The van der Waals surface area contributed by atoms with E-state index in [1.165, 1.54) is 18.3 Å². The Morgan fingerprint density at radius 2 is 1.76 bits per heavy atom. The highest BCUT2D eigenvalue weighted by Gasteiger charge is 2.45. The largest absolute Gasteiger partial charge is 0.493 e. The lowest BCUT2D eigenvalue weighted by Gasteiger charge is -2.27. The van der Waals surface area contributed by atoms with Gasteiger partial charge in [0.1, 0.15) is 11.8 Å². The minimum absolute atomic E-state index is 0.00945. The van der Waals surface area contributed by atoms with Crippen LogP contribution in [0.2, 0.25) is 0 Å². The smallest absolute Gasteiger partial charge is 0.264 e. The molecule has 0 spiro atoms. The van der Waals surface area contributed by atoms with Gasteiger partial charge in [-0.3, -0.25) is 43.9 Å². The van der Waals surface area contributed by atoms with Crippen molar-refractivity contribution in [1.29, 1.82) is 0 Å². The van der Waals surface area contributed by atoms with Gasteiger partial charge in [-0.25, -0.2) is 4.98 Å². The number of nitrogens with zero attached hydrogens (tertiary/aromatic N) is 4. The topological polar surface area (TPSA) is 158 Å². The van der Waals surface area contributed by atoms with Crippen LogP contribution in [0.1, 0.15) is 73.3 Å². The van der Waals surface area contributed by atoms with Crippen LogP contribution in [0, 0.1) is 13.8 Å². The molecule has 6 amide bonds. The van der Waals surface area contributed by atoms with E-state index in [-0.39, 0.29) is 35.8 Å². The minimum atomic E-state index is -1.04. The van der Waals surface area contributed by atoms with Crippen LogP contribution in [0.5, 0.6) is 5.75 Å². The first-order valence-corrected chi connectivity index (χ1v) is 19.9. The maximum atomic E-state index is 13.4. The summed E-state index contributed by atoms with van der Waals surface area (Å²) in [5.74, 6) is -1.88. The maximum absolute atomic E-state index is 13.4. The average Bonchev–Trinajstić information content (AvgIpc) is 3.88. The van der Waals surface area contributed by atoms with Crippen molar-refractivity contribution in [1.82, 2.24) is 15.2 Å². The highest BCUT2D eigenvalue weighted by molar-refractivity contribution is 7.16. The van der Waals surface area contributed by atoms with Gasteiger partial charge in [-0.1, -0.05) is 36.4 Å². The SMILES string of the molecule is CC(=O)N(c1cccc(OCCCNc2cccc3c2C(=O)N(C2CCC(=O)NC2=O)C3=O)c1)c1nc(-c2ccc3c(c2)CCN3C(=O)c2ccccc2C)c(C)s1. The van der Waals surface area contributed by atoms with Crippen LogP contribution in [0.3, 0.4) is 0 Å². The Labute approximate surface area is 338 Å². The molecule has 13 nitrogen and oxygen atoms in total. The van der Waals surface area contributed by atoms with Crippen LogP contribution in [0.15, 0.2) is 84.9 Å². The summed E-state index contributed by atoms with van der Waals surface area (Å²) in [4.78, 5) is 87.5. The van der Waals surface area contributed by atoms with Crippen LogP contribution >= 0.6 is 11.3 Å². The Morgan fingerprint density at radius 1 is 0.948 bits per heavy atom. The summed E-state index contributed by atoms with van der Waals surface area (Å²) in [5.41, 5.74) is 6.78. The molecular weight excluding hydrogens is 757 g/mol. The zero-order valence-electron chi connectivity index (χ0n) is 32.2. The quantitative estimate of drug-likeness (QED) is 0.111. The van der Waals surface area contributed by atoms with E-state index in [9.17, 15) is 28.8 Å². The molecule has 4 heterocycles. The number of thiazole rings is 1. The molecule has 3 aliphatic heterocycles. The third kappa shape index (κ3) is 7.11. The molecule has 0 aliphatic carbocycles.